The van der Waals surface area contributed by atoms with Gasteiger partial charge in [0.2, 0.25) is 0 Å². The molecular weight excluding hydrogens is 333 g/mol. The third kappa shape index (κ3) is 4.01. The molecule has 0 aliphatic heterocycles. The summed E-state index contributed by atoms with van der Waals surface area (Å²) in [7, 11) is 0. The maximum Gasteiger partial charge on any atom is 0.0939 e. The minimum Gasteiger partial charge on any atom is -0.241 e. The number of hydrogen-bond acceptors (Lipinski definition) is 2. The van der Waals surface area contributed by atoms with E-state index in [1.807, 2.05) is 30.3 Å². The summed E-state index contributed by atoms with van der Waals surface area (Å²) in [5.41, 5.74) is 2.38. The van der Waals surface area contributed by atoms with Gasteiger partial charge in [0.25, 0.3) is 0 Å². The van der Waals surface area contributed by atoms with Crippen LogP contribution in [0.25, 0.3) is 10.2 Å². The molecule has 0 spiro atoms. The predicted molar refractivity (Wildman–Crippen MR) is 97.3 cm³/mol. The summed E-state index contributed by atoms with van der Waals surface area (Å²) in [4.78, 5) is 4.66. The zero-order valence-electron chi connectivity index (χ0n) is 12.2. The van der Waals surface area contributed by atoms with Crippen LogP contribution in [0.2, 0.25) is 10.0 Å². The average Bonchev–Trinajstić information content (AvgIpc) is 2.93. The molecule has 0 N–H and O–H groups in total. The van der Waals surface area contributed by atoms with E-state index in [1.54, 1.807) is 11.3 Å². The number of hydrogen-bond donors (Lipinski definition) is 0. The minimum atomic E-state index is 0.804. The van der Waals surface area contributed by atoms with Gasteiger partial charge < -0.3 is 0 Å². The zero-order chi connectivity index (χ0) is 15.4. The second-order valence-corrected chi connectivity index (χ2v) is 7.31. The molecule has 22 heavy (non-hydrogen) atoms. The summed E-state index contributed by atoms with van der Waals surface area (Å²) >= 11 is 13.8. The number of nitrogens with zero attached hydrogens (tertiary/aromatic N) is 1. The normalized spacial score (nSPS) is 11.2. The molecule has 0 saturated heterocycles. The molecule has 3 aromatic rings. The molecular formula is C18H17Cl2NS. The van der Waals surface area contributed by atoms with Crippen LogP contribution in [0.15, 0.2) is 42.5 Å². The van der Waals surface area contributed by atoms with Crippen LogP contribution in [-0.4, -0.2) is 4.98 Å². The molecule has 4 heteroatoms. The maximum atomic E-state index is 6.19. The molecule has 0 unspecified atom stereocenters. The predicted octanol–water partition coefficient (Wildman–Crippen LogP) is 6.56. The van der Waals surface area contributed by atoms with Gasteiger partial charge in [0.15, 0.2) is 0 Å². The highest BCUT2D eigenvalue weighted by molar-refractivity contribution is 7.19. The monoisotopic (exact) mass is 349 g/mol. The highest BCUT2D eigenvalue weighted by Crippen LogP contribution is 2.29. The lowest BCUT2D eigenvalue weighted by atomic mass is 10.1. The van der Waals surface area contributed by atoms with E-state index >= 15 is 0 Å². The molecule has 1 aromatic heterocycles. The lowest BCUT2D eigenvalue weighted by molar-refractivity contribution is 0.677. The van der Waals surface area contributed by atoms with E-state index in [-0.39, 0.29) is 0 Å². The van der Waals surface area contributed by atoms with Crippen LogP contribution in [0.4, 0.5) is 0 Å². The summed E-state index contributed by atoms with van der Waals surface area (Å²) < 4.78 is 1.11. The highest BCUT2D eigenvalue weighted by Gasteiger charge is 2.06. The summed E-state index contributed by atoms with van der Waals surface area (Å²) in [6.07, 6.45) is 5.74. The molecule has 0 amide bonds. The van der Waals surface area contributed by atoms with Gasteiger partial charge in [-0.1, -0.05) is 47.8 Å². The number of halogens is 2. The van der Waals surface area contributed by atoms with Crippen LogP contribution in [0.3, 0.4) is 0 Å². The summed E-state index contributed by atoms with van der Waals surface area (Å²) in [5.74, 6) is 0. The number of aromatic nitrogens is 1. The Kier molecular flexibility index (Phi) is 5.35. The van der Waals surface area contributed by atoms with Gasteiger partial charge in [-0.3, -0.25) is 0 Å². The van der Waals surface area contributed by atoms with Gasteiger partial charge in [-0.15, -0.1) is 11.3 Å². The van der Waals surface area contributed by atoms with Gasteiger partial charge in [-0.05, 0) is 55.5 Å². The number of unbranched alkanes of at least 4 members (excludes halogenated alkanes) is 2. The molecule has 0 bridgehead atoms. The maximum absolute atomic E-state index is 6.19. The van der Waals surface area contributed by atoms with Gasteiger partial charge in [0.1, 0.15) is 0 Å². The number of fused-ring (bicyclic) bond motifs is 1. The Labute approximate surface area is 144 Å². The fourth-order valence-electron chi connectivity index (χ4n) is 2.50. The van der Waals surface area contributed by atoms with Crippen molar-refractivity contribution in [1.29, 1.82) is 0 Å². The molecule has 0 radical (unpaired) electrons. The summed E-state index contributed by atoms with van der Waals surface area (Å²) in [5, 5.41) is 2.80. The third-order valence-electron chi connectivity index (χ3n) is 3.68. The van der Waals surface area contributed by atoms with Crippen LogP contribution >= 0.6 is 34.5 Å². The lowest BCUT2D eigenvalue weighted by Crippen LogP contribution is -1.88. The van der Waals surface area contributed by atoms with Gasteiger partial charge in [0.05, 0.1) is 20.2 Å². The first-order valence-electron chi connectivity index (χ1n) is 7.51. The molecule has 0 aliphatic rings. The molecule has 1 nitrogen and oxygen atoms in total. The Hall–Kier alpha value is -1.09. The Morgan fingerprint density at radius 2 is 1.64 bits per heavy atom. The lowest BCUT2D eigenvalue weighted by Gasteiger charge is -2.01. The molecule has 1 heterocycles. The second kappa shape index (κ2) is 7.45. The van der Waals surface area contributed by atoms with Crippen LogP contribution in [-0.2, 0) is 12.8 Å². The topological polar surface area (TPSA) is 12.9 Å². The SMILES string of the molecule is Clc1ccc(CCCCCc2nc3cccc(Cl)c3s2)cc1. The minimum absolute atomic E-state index is 0.804. The van der Waals surface area contributed by atoms with Crippen molar-refractivity contribution >= 4 is 44.8 Å². The quantitative estimate of drug-likeness (QED) is 0.459. The number of thiazole rings is 1. The van der Waals surface area contributed by atoms with Gasteiger partial charge in [-0.2, -0.15) is 0 Å². The number of aryl methyl sites for hydroxylation is 2. The van der Waals surface area contributed by atoms with Crippen LogP contribution in [0.5, 0.6) is 0 Å². The van der Waals surface area contributed by atoms with Crippen molar-refractivity contribution in [3.05, 3.63) is 63.1 Å². The van der Waals surface area contributed by atoms with Crippen molar-refractivity contribution in [2.75, 3.05) is 0 Å². The van der Waals surface area contributed by atoms with Gasteiger partial charge in [-0.25, -0.2) is 4.98 Å². The van der Waals surface area contributed by atoms with Crippen LogP contribution in [0.1, 0.15) is 29.8 Å². The van der Waals surface area contributed by atoms with Gasteiger partial charge >= 0.3 is 0 Å². The fourth-order valence-corrected chi connectivity index (χ4v) is 3.92. The van der Waals surface area contributed by atoms with Crippen molar-refractivity contribution in [1.82, 2.24) is 4.98 Å². The van der Waals surface area contributed by atoms with E-state index in [4.69, 9.17) is 23.2 Å². The molecule has 0 aliphatic carbocycles. The van der Waals surface area contributed by atoms with Gasteiger partial charge in [0, 0.05) is 5.02 Å². The van der Waals surface area contributed by atoms with Crippen molar-refractivity contribution in [3.8, 4) is 0 Å². The van der Waals surface area contributed by atoms with Crippen molar-refractivity contribution in [3.63, 3.8) is 0 Å². The third-order valence-corrected chi connectivity index (χ3v) is 5.52. The van der Waals surface area contributed by atoms with Crippen LogP contribution in [0, 0.1) is 0 Å². The molecule has 114 valence electrons. The molecule has 0 atom stereocenters. The van der Waals surface area contributed by atoms with Crippen LogP contribution < -0.4 is 0 Å². The summed E-state index contributed by atoms with van der Waals surface area (Å²) in [6.45, 7) is 0. The first-order chi connectivity index (χ1) is 10.7. The Balaban J connectivity index is 1.46. The Morgan fingerprint density at radius 3 is 2.41 bits per heavy atom. The molecule has 0 saturated carbocycles. The zero-order valence-corrected chi connectivity index (χ0v) is 14.5. The van der Waals surface area contributed by atoms with E-state index in [0.29, 0.717) is 0 Å². The Bertz CT molecular complexity index is 749. The van der Waals surface area contributed by atoms with E-state index in [0.717, 1.165) is 33.1 Å². The molecule has 2 aromatic carbocycles. The summed E-state index contributed by atoms with van der Waals surface area (Å²) in [6, 6.07) is 14.1. The number of benzene rings is 2. The van der Waals surface area contributed by atoms with Crippen molar-refractivity contribution in [2.45, 2.75) is 32.1 Å². The number of rotatable bonds is 6. The van der Waals surface area contributed by atoms with Crippen molar-refractivity contribution in [2.24, 2.45) is 0 Å². The largest absolute Gasteiger partial charge is 0.241 e. The fraction of sp³-hybridized carbons (Fsp3) is 0.278. The van der Waals surface area contributed by atoms with E-state index in [1.165, 1.54) is 29.8 Å². The van der Waals surface area contributed by atoms with E-state index in [2.05, 4.69) is 17.1 Å². The first kappa shape index (κ1) is 15.8. The smallest absolute Gasteiger partial charge is 0.0939 e. The standard InChI is InChI=1S/C18H17Cl2NS/c19-14-11-9-13(10-12-14)5-2-1-3-8-17-21-16-7-4-6-15(20)18(16)22-17/h4,6-7,9-12H,1-3,5,8H2. The van der Waals surface area contributed by atoms with E-state index in [9.17, 15) is 0 Å². The molecule has 0 fully saturated rings. The average molecular weight is 350 g/mol. The van der Waals surface area contributed by atoms with E-state index < -0.39 is 0 Å². The first-order valence-corrected chi connectivity index (χ1v) is 9.08. The second-order valence-electron chi connectivity index (χ2n) is 5.38. The highest BCUT2D eigenvalue weighted by atomic mass is 35.5. The molecule has 3 rings (SSSR count). The Morgan fingerprint density at radius 1 is 0.864 bits per heavy atom. The van der Waals surface area contributed by atoms with Crippen molar-refractivity contribution < 1.29 is 0 Å².